The van der Waals surface area contributed by atoms with Gasteiger partial charge >= 0.3 is 11.7 Å². The van der Waals surface area contributed by atoms with Crippen LogP contribution in [0.25, 0.3) is 10.9 Å². The summed E-state index contributed by atoms with van der Waals surface area (Å²) in [5, 5.41) is 3.05. The summed E-state index contributed by atoms with van der Waals surface area (Å²) in [5.74, 6) is 5.89. The third kappa shape index (κ3) is 3.54. The van der Waals surface area contributed by atoms with Crippen molar-refractivity contribution >= 4 is 22.6 Å². The molecule has 168 valence electrons. The zero-order chi connectivity index (χ0) is 22.7. The molecule has 2 unspecified atom stereocenters. The van der Waals surface area contributed by atoms with Crippen LogP contribution >= 0.6 is 0 Å². The Hall–Kier alpha value is -3.01. The van der Waals surface area contributed by atoms with E-state index >= 15 is 0 Å². The van der Waals surface area contributed by atoms with E-state index in [9.17, 15) is 14.4 Å². The van der Waals surface area contributed by atoms with Gasteiger partial charge in [-0.2, -0.15) is 4.68 Å². The summed E-state index contributed by atoms with van der Waals surface area (Å²) < 4.78 is 2.39. The number of nitrogens with two attached hydrogens (primary N) is 3. The molecular formula is C21H31N7O3. The molecule has 7 N–H and O–H groups in total. The van der Waals surface area contributed by atoms with Crippen molar-refractivity contribution in [1.82, 2.24) is 14.6 Å². The predicted molar refractivity (Wildman–Crippen MR) is 121 cm³/mol. The van der Waals surface area contributed by atoms with Crippen molar-refractivity contribution in [2.45, 2.75) is 45.7 Å². The lowest BCUT2D eigenvalue weighted by molar-refractivity contribution is 0.231. The van der Waals surface area contributed by atoms with Crippen molar-refractivity contribution < 1.29 is 4.79 Å². The molecule has 0 radical (unpaired) electrons. The van der Waals surface area contributed by atoms with E-state index in [-0.39, 0.29) is 23.4 Å². The van der Waals surface area contributed by atoms with Gasteiger partial charge in [-0.25, -0.2) is 9.59 Å². The molecule has 2 fully saturated rings. The van der Waals surface area contributed by atoms with Crippen LogP contribution in [-0.4, -0.2) is 41.0 Å². The predicted octanol–water partition coefficient (Wildman–Crippen LogP) is -0.0217. The minimum absolute atomic E-state index is 0.0791. The molecule has 10 heteroatoms. The quantitative estimate of drug-likeness (QED) is 0.490. The van der Waals surface area contributed by atoms with E-state index < -0.39 is 17.3 Å². The molecule has 4 rings (SSSR count). The van der Waals surface area contributed by atoms with Gasteiger partial charge in [0.05, 0.1) is 10.9 Å². The number of nitrogens with zero attached hydrogens (tertiary/aromatic N) is 3. The van der Waals surface area contributed by atoms with Crippen LogP contribution in [-0.2, 0) is 0 Å². The van der Waals surface area contributed by atoms with Crippen LogP contribution in [0.4, 0.5) is 10.5 Å². The monoisotopic (exact) mass is 429 g/mol. The van der Waals surface area contributed by atoms with Crippen LogP contribution in [0, 0.1) is 18.3 Å². The summed E-state index contributed by atoms with van der Waals surface area (Å²) in [6, 6.07) is 2.93. The van der Waals surface area contributed by atoms with Gasteiger partial charge in [0.1, 0.15) is 0 Å². The molecule has 10 nitrogen and oxygen atoms in total. The Morgan fingerprint density at radius 2 is 1.97 bits per heavy atom. The summed E-state index contributed by atoms with van der Waals surface area (Å²) in [7, 11) is 0. The van der Waals surface area contributed by atoms with E-state index in [1.807, 2.05) is 13.0 Å². The maximum atomic E-state index is 12.8. The summed E-state index contributed by atoms with van der Waals surface area (Å²) in [5.41, 5.74) is 13.1. The molecule has 1 aliphatic carbocycles. The minimum atomic E-state index is -0.586. The van der Waals surface area contributed by atoms with Crippen molar-refractivity contribution in [3.8, 4) is 0 Å². The fraction of sp³-hybridized carbons (Fsp3) is 0.571. The SMILES string of the molecule is Cc1c(N2CC(C(N)CNC(N)=O)C(C)(C)C2)ccc2c(=O)n(N)c(=O)n(C3CC3)c12. The highest BCUT2D eigenvalue weighted by molar-refractivity contribution is 5.87. The molecule has 1 aliphatic heterocycles. The molecule has 2 aliphatic rings. The lowest BCUT2D eigenvalue weighted by Crippen LogP contribution is -2.47. The van der Waals surface area contributed by atoms with Gasteiger partial charge in [-0.1, -0.05) is 13.8 Å². The number of fused-ring (bicyclic) bond motifs is 1. The molecule has 0 bridgehead atoms. The van der Waals surface area contributed by atoms with Gasteiger partial charge in [-0.3, -0.25) is 9.36 Å². The largest absolute Gasteiger partial charge is 0.370 e. The second-order valence-electron chi connectivity index (χ2n) is 9.55. The van der Waals surface area contributed by atoms with Gasteiger partial charge in [0.2, 0.25) is 0 Å². The highest BCUT2D eigenvalue weighted by atomic mass is 16.2. The Morgan fingerprint density at radius 3 is 2.58 bits per heavy atom. The van der Waals surface area contributed by atoms with E-state index in [4.69, 9.17) is 17.3 Å². The number of primary amides is 1. The molecule has 1 aromatic heterocycles. The zero-order valence-corrected chi connectivity index (χ0v) is 18.2. The highest BCUT2D eigenvalue weighted by Gasteiger charge is 2.43. The van der Waals surface area contributed by atoms with Gasteiger partial charge in [-0.05, 0) is 48.8 Å². The third-order valence-electron chi connectivity index (χ3n) is 6.81. The topological polar surface area (TPSA) is 154 Å². The molecule has 1 saturated carbocycles. The summed E-state index contributed by atoms with van der Waals surface area (Å²) >= 11 is 0. The first kappa shape index (κ1) is 21.2. The van der Waals surface area contributed by atoms with E-state index in [1.54, 1.807) is 10.6 Å². The van der Waals surface area contributed by atoms with Gasteiger partial charge < -0.3 is 27.5 Å². The smallest absolute Gasteiger partial charge is 0.350 e. The number of benzene rings is 1. The molecule has 2 aromatic rings. The molecule has 2 amide bonds. The average molecular weight is 430 g/mol. The average Bonchev–Trinajstić information content (AvgIpc) is 3.48. The lowest BCUT2D eigenvalue weighted by atomic mass is 9.78. The van der Waals surface area contributed by atoms with Crippen LogP contribution in [0.1, 0.15) is 38.3 Å². The highest BCUT2D eigenvalue weighted by Crippen LogP contribution is 2.42. The molecule has 1 saturated heterocycles. The molecule has 0 spiro atoms. The normalized spacial score (nSPS) is 21.4. The summed E-state index contributed by atoms with van der Waals surface area (Å²) in [6.07, 6.45) is 1.80. The number of carbonyl (C=O) groups excluding carboxylic acids is 1. The fourth-order valence-electron chi connectivity index (χ4n) is 5.03. The molecule has 2 heterocycles. The number of amides is 2. The molecule has 31 heavy (non-hydrogen) atoms. The number of aromatic nitrogens is 2. The van der Waals surface area contributed by atoms with Gasteiger partial charge in [0.25, 0.3) is 5.56 Å². The molecule has 2 atom stereocenters. The van der Waals surface area contributed by atoms with Gasteiger partial charge in [0, 0.05) is 37.4 Å². The van der Waals surface area contributed by atoms with E-state index in [0.717, 1.165) is 30.6 Å². The Labute approximate surface area is 179 Å². The lowest BCUT2D eigenvalue weighted by Gasteiger charge is -2.30. The van der Waals surface area contributed by atoms with Crippen molar-refractivity contribution in [3.63, 3.8) is 0 Å². The van der Waals surface area contributed by atoms with Crippen molar-refractivity contribution in [2.24, 2.45) is 22.8 Å². The summed E-state index contributed by atoms with van der Waals surface area (Å²) in [6.45, 7) is 8.03. The van der Waals surface area contributed by atoms with Crippen LogP contribution < -0.4 is 38.8 Å². The van der Waals surface area contributed by atoms with E-state index in [2.05, 4.69) is 24.1 Å². The Kier molecular flexibility index (Phi) is 5.00. The number of aryl methyl sites for hydroxylation is 1. The van der Waals surface area contributed by atoms with Crippen LogP contribution in [0.2, 0.25) is 0 Å². The second kappa shape index (κ2) is 7.30. The number of urea groups is 1. The zero-order valence-electron chi connectivity index (χ0n) is 18.2. The van der Waals surface area contributed by atoms with Crippen molar-refractivity contribution in [2.75, 3.05) is 30.4 Å². The minimum Gasteiger partial charge on any atom is -0.370 e. The van der Waals surface area contributed by atoms with E-state index in [1.165, 1.54) is 0 Å². The van der Waals surface area contributed by atoms with Crippen LogP contribution in [0.3, 0.4) is 0 Å². The number of carbonyl (C=O) groups is 1. The number of anilines is 1. The Bertz CT molecular complexity index is 1160. The standard InChI is InChI=1S/C21H31N7O3/c1-11-16(26-9-14(21(2,3)10-26)15(22)8-25-19(23)30)7-6-13-17(11)27(12-4-5-12)20(31)28(24)18(13)29/h6-7,12,14-15H,4-5,8-10,22,24H2,1-3H3,(H3,23,25,30). The Balaban J connectivity index is 1.76. The number of nitrogen functional groups attached to an aromatic ring is 1. The Morgan fingerprint density at radius 1 is 1.29 bits per heavy atom. The summed E-state index contributed by atoms with van der Waals surface area (Å²) in [4.78, 5) is 38.8. The fourth-order valence-corrected chi connectivity index (χ4v) is 5.03. The van der Waals surface area contributed by atoms with Crippen molar-refractivity contribution in [3.05, 3.63) is 38.5 Å². The molecular weight excluding hydrogens is 398 g/mol. The van der Waals surface area contributed by atoms with Gasteiger partial charge in [0.15, 0.2) is 0 Å². The maximum Gasteiger partial charge on any atom is 0.350 e. The first-order valence-electron chi connectivity index (χ1n) is 10.6. The van der Waals surface area contributed by atoms with Crippen LogP contribution in [0.5, 0.6) is 0 Å². The van der Waals surface area contributed by atoms with Crippen LogP contribution in [0.15, 0.2) is 21.7 Å². The number of rotatable bonds is 5. The number of hydrogen-bond acceptors (Lipinski definition) is 6. The second-order valence-corrected chi connectivity index (χ2v) is 9.55. The van der Waals surface area contributed by atoms with E-state index in [0.29, 0.717) is 28.7 Å². The molecule has 1 aromatic carbocycles. The third-order valence-corrected chi connectivity index (χ3v) is 6.81. The maximum absolute atomic E-state index is 12.8. The van der Waals surface area contributed by atoms with Crippen molar-refractivity contribution in [1.29, 1.82) is 0 Å². The first-order valence-corrected chi connectivity index (χ1v) is 10.6. The number of nitrogens with one attached hydrogen (secondary N) is 1. The number of hydrogen-bond donors (Lipinski definition) is 4. The van der Waals surface area contributed by atoms with Gasteiger partial charge in [-0.15, -0.1) is 0 Å². The first-order chi connectivity index (χ1) is 14.5.